The van der Waals surface area contributed by atoms with Crippen molar-refractivity contribution in [3.8, 4) is 0 Å². The molecule has 2 atom stereocenters. The summed E-state index contributed by atoms with van der Waals surface area (Å²) in [6.07, 6.45) is 14.6. The number of benzene rings is 6. The van der Waals surface area contributed by atoms with E-state index in [-0.39, 0.29) is 38.0 Å². The predicted molar refractivity (Wildman–Crippen MR) is 220 cm³/mol. The number of carbonyl (C=O) groups is 2. The Balaban J connectivity index is 0.000000202. The van der Waals surface area contributed by atoms with Crippen LogP contribution in [0.2, 0.25) is 0 Å². The van der Waals surface area contributed by atoms with Gasteiger partial charge in [0.2, 0.25) is 0 Å². The molecule has 0 saturated carbocycles. The molecule has 0 fully saturated rings. The molecule has 6 aromatic rings. The van der Waals surface area contributed by atoms with E-state index in [1.165, 1.54) is 46.6 Å². The van der Waals surface area contributed by atoms with Gasteiger partial charge in [-0.15, -0.1) is 35.4 Å². The summed E-state index contributed by atoms with van der Waals surface area (Å²) >= 11 is 0. The van der Waals surface area contributed by atoms with Crippen molar-refractivity contribution >= 4 is 41.3 Å². The van der Waals surface area contributed by atoms with Crippen molar-refractivity contribution in [3.05, 3.63) is 235 Å². The zero-order valence-corrected chi connectivity index (χ0v) is 32.4. The Labute approximate surface area is 332 Å². The summed E-state index contributed by atoms with van der Waals surface area (Å²) in [5.41, 5.74) is 3.61. The SMILES string of the molecule is O=C(O)c1ccc(C(=[C-]c2ccccc2)c2ccc(C(=O)O)cc2)cc1.[C-]1=CC2C=CC1C2.[CH3-].[Rh+3].c1ccc([PH+](c2ccccc2)c2ccccc2)cc1. The van der Waals surface area contributed by atoms with Crippen LogP contribution in [0.4, 0.5) is 0 Å². The summed E-state index contributed by atoms with van der Waals surface area (Å²) in [6.45, 7) is 0. The first-order chi connectivity index (χ1) is 25.4. The number of aromatic carboxylic acids is 2. The van der Waals surface area contributed by atoms with Crippen molar-refractivity contribution in [2.75, 3.05) is 0 Å². The van der Waals surface area contributed by atoms with Crippen LogP contribution in [0.15, 0.2) is 188 Å². The summed E-state index contributed by atoms with van der Waals surface area (Å²) in [4.78, 5) is 22.1. The molecule has 8 rings (SSSR count). The summed E-state index contributed by atoms with van der Waals surface area (Å²) in [5, 5.41) is 22.4. The largest absolute Gasteiger partial charge is 3.00 e. The Bertz CT molecular complexity index is 1970. The molecule has 0 heterocycles. The van der Waals surface area contributed by atoms with Gasteiger partial charge in [-0.25, -0.2) is 9.59 Å². The first-order valence-electron chi connectivity index (χ1n) is 17.1. The van der Waals surface area contributed by atoms with E-state index in [0.717, 1.165) is 28.2 Å². The van der Waals surface area contributed by atoms with Crippen LogP contribution in [0.1, 0.15) is 43.8 Å². The number of allylic oxidation sites excluding steroid dienone is 4. The van der Waals surface area contributed by atoms with Crippen LogP contribution in [-0.4, -0.2) is 22.2 Å². The van der Waals surface area contributed by atoms with E-state index in [0.29, 0.717) is 5.92 Å². The van der Waals surface area contributed by atoms with Crippen LogP contribution >= 0.6 is 7.92 Å². The van der Waals surface area contributed by atoms with E-state index < -0.39 is 19.9 Å². The van der Waals surface area contributed by atoms with Gasteiger partial charge in [0, 0.05) is 0 Å². The monoisotopic (exact) mass is 815 g/mol. The Kier molecular flexibility index (Phi) is 15.8. The Hall–Kier alpha value is -5.47. The predicted octanol–water partition coefficient (Wildman–Crippen LogP) is 9.54. The minimum Gasteiger partial charge on any atom is -0.493 e. The molecule has 2 unspecified atom stereocenters. The molecular weight excluding hydrogens is 774 g/mol. The van der Waals surface area contributed by atoms with E-state index in [2.05, 4.69) is 121 Å². The maximum Gasteiger partial charge on any atom is 3.00 e. The molecule has 0 spiro atoms. The van der Waals surface area contributed by atoms with Crippen molar-refractivity contribution in [2.45, 2.75) is 6.42 Å². The smallest absolute Gasteiger partial charge is 0.493 e. The maximum absolute atomic E-state index is 11.1. The third kappa shape index (κ3) is 11.3. The molecular formula is C48H41O4PRh+. The normalized spacial score (nSPS) is 14.2. The van der Waals surface area contributed by atoms with Crippen molar-refractivity contribution in [1.82, 2.24) is 0 Å². The molecule has 270 valence electrons. The molecule has 2 aliphatic rings. The van der Waals surface area contributed by atoms with Crippen molar-refractivity contribution in [2.24, 2.45) is 11.8 Å². The van der Waals surface area contributed by atoms with Gasteiger partial charge >= 0.3 is 31.4 Å². The summed E-state index contributed by atoms with van der Waals surface area (Å²) in [5.74, 6) is -0.533. The fourth-order valence-corrected chi connectivity index (χ4v) is 8.65. The molecule has 6 aromatic carbocycles. The van der Waals surface area contributed by atoms with Gasteiger partial charge < -0.3 is 23.7 Å². The van der Waals surface area contributed by atoms with Gasteiger partial charge in [-0.05, 0) is 42.3 Å². The Morgan fingerprint density at radius 1 is 0.537 bits per heavy atom. The number of hydrogen-bond acceptors (Lipinski definition) is 2. The molecule has 0 aliphatic heterocycles. The van der Waals surface area contributed by atoms with Crippen LogP contribution in [0, 0.1) is 31.4 Å². The van der Waals surface area contributed by atoms with E-state index in [1.54, 1.807) is 24.3 Å². The average molecular weight is 816 g/mol. The van der Waals surface area contributed by atoms with E-state index in [4.69, 9.17) is 10.2 Å². The topological polar surface area (TPSA) is 74.6 Å². The number of carboxylic acid groups (broad SMARTS) is 2. The zero-order valence-electron chi connectivity index (χ0n) is 29.8. The van der Waals surface area contributed by atoms with Crippen molar-refractivity contribution in [1.29, 1.82) is 0 Å². The molecule has 54 heavy (non-hydrogen) atoms. The summed E-state index contributed by atoms with van der Waals surface area (Å²) < 4.78 is 0. The first-order valence-corrected chi connectivity index (χ1v) is 18.6. The average Bonchev–Trinajstić information content (AvgIpc) is 3.87. The number of carboxylic acids is 2. The maximum atomic E-state index is 11.1. The van der Waals surface area contributed by atoms with Gasteiger partial charge in [-0.1, -0.05) is 145 Å². The Morgan fingerprint density at radius 3 is 1.19 bits per heavy atom. The van der Waals surface area contributed by atoms with Crippen LogP contribution in [0.5, 0.6) is 0 Å². The van der Waals surface area contributed by atoms with E-state index in [9.17, 15) is 9.59 Å². The van der Waals surface area contributed by atoms with Gasteiger partial charge in [0.1, 0.15) is 15.9 Å². The molecule has 6 heteroatoms. The van der Waals surface area contributed by atoms with Crippen molar-refractivity contribution < 1.29 is 39.3 Å². The molecule has 2 bridgehead atoms. The molecule has 0 saturated heterocycles. The molecule has 0 amide bonds. The van der Waals surface area contributed by atoms with Gasteiger partial charge in [-0.3, -0.25) is 6.08 Å². The second kappa shape index (κ2) is 20.7. The van der Waals surface area contributed by atoms with E-state index in [1.807, 2.05) is 30.3 Å². The molecule has 4 nitrogen and oxygen atoms in total. The second-order valence-corrected chi connectivity index (χ2v) is 14.8. The number of rotatable bonds is 8. The number of hydrogen-bond donors (Lipinski definition) is 2. The first kappa shape index (κ1) is 41.3. The van der Waals surface area contributed by atoms with Crippen LogP contribution in [-0.2, 0) is 19.5 Å². The van der Waals surface area contributed by atoms with Gasteiger partial charge in [-0.2, -0.15) is 5.92 Å². The summed E-state index contributed by atoms with van der Waals surface area (Å²) in [6, 6.07) is 55.1. The molecule has 2 N–H and O–H groups in total. The standard InChI is InChI=1S/C22H15O4.C18H15P.C7H7.CH3.Rh/c23-21(24)18-10-6-16(7-11-18)20(14-15-4-2-1-3-5-15)17-8-12-19(13-9-17)22(25)26;1-4-10-16(11-5-1)19(17-12-6-2-7-13-17)18-14-8-3-9-15-18;1-2-7-4-3-6(1)5-7;;/h1-13H,(H,23,24)(H,25,26);1-15H;1-3,6-7H,5H2;1H3;/q-1;;2*-1;+3/p+1. The molecule has 0 aromatic heterocycles. The third-order valence-electron chi connectivity index (χ3n) is 8.71. The Morgan fingerprint density at radius 2 is 0.907 bits per heavy atom. The minimum absolute atomic E-state index is 0. The van der Waals surface area contributed by atoms with Crippen LogP contribution in [0.3, 0.4) is 0 Å². The minimum atomic E-state index is -0.986. The zero-order chi connectivity index (χ0) is 36.1. The fraction of sp³-hybridized carbons (Fsp3) is 0.0625. The van der Waals surface area contributed by atoms with Crippen LogP contribution in [0.25, 0.3) is 5.57 Å². The van der Waals surface area contributed by atoms with E-state index >= 15 is 0 Å². The van der Waals surface area contributed by atoms with Gasteiger partial charge in [0.15, 0.2) is 0 Å². The fourth-order valence-electron chi connectivity index (χ4n) is 6.07. The molecule has 0 radical (unpaired) electrons. The second-order valence-electron chi connectivity index (χ2n) is 12.3. The van der Waals surface area contributed by atoms with Gasteiger partial charge in [0.05, 0.1) is 19.0 Å². The molecule has 2 aliphatic carbocycles. The van der Waals surface area contributed by atoms with Crippen molar-refractivity contribution in [3.63, 3.8) is 0 Å². The third-order valence-corrected chi connectivity index (χ3v) is 11.4. The summed E-state index contributed by atoms with van der Waals surface area (Å²) in [7, 11) is -0.877. The van der Waals surface area contributed by atoms with Gasteiger partial charge in [0.25, 0.3) is 0 Å². The number of fused-ring (bicyclic) bond motifs is 2. The van der Waals surface area contributed by atoms with Crippen LogP contribution < -0.4 is 15.9 Å². The quantitative estimate of drug-likeness (QED) is 0.0528.